The molecule has 2 fully saturated rings. The number of aliphatic hydroxyl groups is 2. The molecule has 51 heavy (non-hydrogen) atoms. The summed E-state index contributed by atoms with van der Waals surface area (Å²) in [6, 6.07) is 0. The number of aromatic nitrogens is 4. The molecule has 5 atom stereocenters. The summed E-state index contributed by atoms with van der Waals surface area (Å²) in [5.41, 5.74) is 0.194. The van der Waals surface area contributed by atoms with Crippen molar-refractivity contribution in [2.24, 2.45) is 0 Å². The largest absolute Gasteiger partial charge is 0.387 e. The Morgan fingerprint density at radius 2 is 1.53 bits per heavy atom. The van der Waals surface area contributed by atoms with Crippen molar-refractivity contribution in [1.29, 1.82) is 0 Å². The van der Waals surface area contributed by atoms with Crippen LogP contribution in [-0.2, 0) is 37.3 Å². The number of nitrogens with one attached hydrogen (secondary N) is 1. The van der Waals surface area contributed by atoms with Gasteiger partial charge in [-0.2, -0.15) is 15.1 Å². The number of aliphatic hydroxyl groups excluding tert-OH is 2. The van der Waals surface area contributed by atoms with Gasteiger partial charge in [-0.25, -0.2) is 4.68 Å². The summed E-state index contributed by atoms with van der Waals surface area (Å²) in [4.78, 5) is 40.9. The van der Waals surface area contributed by atoms with Gasteiger partial charge in [0.05, 0.1) is 64.4 Å². The Kier molecular flexibility index (Phi) is 16.9. The number of piperazine rings is 1. The van der Waals surface area contributed by atoms with Crippen molar-refractivity contribution in [3.8, 4) is 12.3 Å². The minimum atomic E-state index is -4.85. The van der Waals surface area contributed by atoms with Crippen LogP contribution in [0.1, 0.15) is 6.23 Å². The van der Waals surface area contributed by atoms with Gasteiger partial charge in [-0.05, 0) is 11.6 Å². The maximum atomic E-state index is 12.0. The number of rotatable bonds is 23. The van der Waals surface area contributed by atoms with E-state index in [1.807, 2.05) is 0 Å². The van der Waals surface area contributed by atoms with Gasteiger partial charge in [0.2, 0.25) is 5.28 Å². The van der Waals surface area contributed by atoms with Gasteiger partial charge in [-0.15, -0.1) is 6.42 Å². The van der Waals surface area contributed by atoms with Gasteiger partial charge in [0.1, 0.15) is 30.7 Å². The van der Waals surface area contributed by atoms with Crippen LogP contribution in [0.5, 0.6) is 0 Å². The summed E-state index contributed by atoms with van der Waals surface area (Å²) in [7, 11) is -9.57. The molecular formula is C28H46ClN7O13P2. The van der Waals surface area contributed by atoms with E-state index in [2.05, 4.69) is 36.1 Å². The van der Waals surface area contributed by atoms with Gasteiger partial charge in [-0.1, -0.05) is 5.92 Å². The highest BCUT2D eigenvalue weighted by Gasteiger charge is 2.46. The molecule has 2 aromatic heterocycles. The summed E-state index contributed by atoms with van der Waals surface area (Å²) in [6.45, 7) is 8.77. The highest BCUT2D eigenvalue weighted by atomic mass is 35.5. The SMILES string of the molecule is C#CCOCCOCCOCCOCCN1CCN(CCNc2nc(Cl)nc3c2cnn3[C@@H]2O[C@H](COP(=O)(O)CP(=O)(O)O)[C@@H](O)[C@H]2O)CC1. The fourth-order valence-electron chi connectivity index (χ4n) is 5.31. The van der Waals surface area contributed by atoms with Crippen molar-refractivity contribution in [3.05, 3.63) is 11.5 Å². The Hall–Kier alpha value is -1.86. The molecule has 0 spiro atoms. The zero-order valence-corrected chi connectivity index (χ0v) is 30.5. The van der Waals surface area contributed by atoms with Crippen LogP contribution in [0.4, 0.5) is 5.82 Å². The summed E-state index contributed by atoms with van der Waals surface area (Å²) in [5, 5.41) is 29.1. The van der Waals surface area contributed by atoms with Crippen LogP contribution in [0.2, 0.25) is 5.28 Å². The van der Waals surface area contributed by atoms with Gasteiger partial charge < -0.3 is 58.4 Å². The number of hydrogen-bond acceptors (Lipinski definition) is 16. The van der Waals surface area contributed by atoms with E-state index in [0.29, 0.717) is 64.0 Å². The molecular weight excluding hydrogens is 740 g/mol. The second-order valence-electron chi connectivity index (χ2n) is 11.7. The number of nitrogens with zero attached hydrogens (tertiary/aromatic N) is 6. The molecule has 0 aliphatic carbocycles. The normalized spacial score (nSPS) is 23.1. The highest BCUT2D eigenvalue weighted by molar-refractivity contribution is 7.70. The van der Waals surface area contributed by atoms with Gasteiger partial charge >= 0.3 is 15.2 Å². The molecule has 0 aromatic carbocycles. The number of ether oxygens (including phenoxy) is 5. The van der Waals surface area contributed by atoms with Crippen LogP contribution in [0, 0.1) is 12.3 Å². The first-order valence-electron chi connectivity index (χ1n) is 16.2. The van der Waals surface area contributed by atoms with E-state index in [1.165, 1.54) is 10.9 Å². The molecule has 23 heteroatoms. The molecule has 4 rings (SSSR count). The fourth-order valence-corrected chi connectivity index (χ4v) is 8.04. The molecule has 0 radical (unpaired) electrons. The molecule has 2 aromatic rings. The zero-order chi connectivity index (χ0) is 36.9. The molecule has 0 saturated carbocycles. The van der Waals surface area contributed by atoms with Crippen LogP contribution in [-0.4, -0.2) is 184 Å². The van der Waals surface area contributed by atoms with Crippen LogP contribution < -0.4 is 5.32 Å². The van der Waals surface area contributed by atoms with Crippen molar-refractivity contribution in [3.63, 3.8) is 0 Å². The Balaban J connectivity index is 1.15. The first-order chi connectivity index (χ1) is 24.4. The van der Waals surface area contributed by atoms with Crippen molar-refractivity contribution in [1.82, 2.24) is 29.5 Å². The topological polar surface area (TPSA) is 253 Å². The summed E-state index contributed by atoms with van der Waals surface area (Å²) >= 11 is 6.22. The van der Waals surface area contributed by atoms with Gasteiger partial charge in [0.15, 0.2) is 17.8 Å². The third-order valence-corrected chi connectivity index (χ3v) is 11.5. The lowest BCUT2D eigenvalue weighted by Crippen LogP contribution is -2.48. The standard InChI is InChI=1S/C28H46ClN7O13P2/c1-2-10-44-12-14-46-16-17-47-15-13-45-11-9-35-7-5-34(6-8-35)4-3-30-25-21-18-31-36(26(21)33-28(29)32-25)27-24(38)23(37)22(49-27)19-48-51(42,43)20-50(39,40)41/h1,18,22-24,27,37-38H,3-17,19-20H2,(H,42,43)(H,30,32,33)(H2,39,40,41)/t22-,23-,24-,27-/m1/s1. The molecule has 6 N–H and O–H groups in total. The number of hydrogen-bond donors (Lipinski definition) is 6. The van der Waals surface area contributed by atoms with Crippen molar-refractivity contribution in [2.75, 3.05) is 116 Å². The lowest BCUT2D eigenvalue weighted by molar-refractivity contribution is -0.0541. The molecule has 2 aliphatic heterocycles. The van der Waals surface area contributed by atoms with Crippen LogP contribution in [0.25, 0.3) is 11.0 Å². The molecule has 0 bridgehead atoms. The Labute approximate surface area is 299 Å². The van der Waals surface area contributed by atoms with Gasteiger partial charge in [-0.3, -0.25) is 18.9 Å². The second-order valence-corrected chi connectivity index (χ2v) is 16.0. The van der Waals surface area contributed by atoms with Crippen LogP contribution >= 0.6 is 26.8 Å². The lowest BCUT2D eigenvalue weighted by Gasteiger charge is -2.34. The van der Waals surface area contributed by atoms with Crippen molar-refractivity contribution >= 4 is 43.6 Å². The Morgan fingerprint density at radius 3 is 2.16 bits per heavy atom. The molecule has 2 saturated heterocycles. The molecule has 4 heterocycles. The maximum Gasteiger partial charge on any atom is 0.340 e. The van der Waals surface area contributed by atoms with E-state index in [9.17, 15) is 24.2 Å². The third kappa shape index (κ3) is 13.8. The lowest BCUT2D eigenvalue weighted by atomic mass is 10.1. The quantitative estimate of drug-likeness (QED) is 0.0348. The average molecular weight is 786 g/mol. The predicted octanol–water partition coefficient (Wildman–Crippen LogP) is -0.835. The van der Waals surface area contributed by atoms with Crippen molar-refractivity contribution in [2.45, 2.75) is 24.5 Å². The zero-order valence-electron chi connectivity index (χ0n) is 27.9. The van der Waals surface area contributed by atoms with Gasteiger partial charge in [0.25, 0.3) is 0 Å². The average Bonchev–Trinajstić information content (AvgIpc) is 3.61. The predicted molar refractivity (Wildman–Crippen MR) is 182 cm³/mol. The van der Waals surface area contributed by atoms with Crippen LogP contribution in [0.15, 0.2) is 6.20 Å². The van der Waals surface area contributed by atoms with E-state index in [4.69, 9.17) is 56.0 Å². The smallest absolute Gasteiger partial charge is 0.340 e. The minimum Gasteiger partial charge on any atom is -0.387 e. The molecule has 20 nitrogen and oxygen atoms in total. The number of anilines is 1. The Morgan fingerprint density at radius 1 is 0.922 bits per heavy atom. The van der Waals surface area contributed by atoms with Crippen molar-refractivity contribution < 1.29 is 62.2 Å². The number of fused-ring (bicyclic) bond motifs is 1. The van der Waals surface area contributed by atoms with E-state index >= 15 is 0 Å². The second kappa shape index (κ2) is 20.6. The van der Waals surface area contributed by atoms with E-state index in [0.717, 1.165) is 39.3 Å². The first kappa shape index (κ1) is 41.9. The molecule has 0 amide bonds. The highest BCUT2D eigenvalue weighted by Crippen LogP contribution is 2.55. The van der Waals surface area contributed by atoms with E-state index in [1.54, 1.807) is 0 Å². The summed E-state index contributed by atoms with van der Waals surface area (Å²) < 4.78 is 56.5. The molecule has 1 unspecified atom stereocenters. The molecule has 288 valence electrons. The van der Waals surface area contributed by atoms with Crippen LogP contribution in [0.3, 0.4) is 0 Å². The number of terminal acetylenes is 1. The number of halogens is 1. The fraction of sp³-hybridized carbons (Fsp3) is 0.750. The third-order valence-electron chi connectivity index (χ3n) is 7.85. The monoisotopic (exact) mass is 785 g/mol. The van der Waals surface area contributed by atoms with E-state index < -0.39 is 52.2 Å². The Bertz CT molecular complexity index is 1510. The summed E-state index contributed by atoms with van der Waals surface area (Å²) in [6.07, 6.45) is 0.798. The first-order valence-corrected chi connectivity index (χ1v) is 20.2. The minimum absolute atomic E-state index is 0.104. The van der Waals surface area contributed by atoms with Gasteiger partial charge in [0, 0.05) is 45.8 Å². The molecule has 2 aliphatic rings. The van der Waals surface area contributed by atoms with E-state index in [-0.39, 0.29) is 17.5 Å². The summed E-state index contributed by atoms with van der Waals surface area (Å²) in [5.74, 6) is 1.39. The maximum absolute atomic E-state index is 12.0.